The molecule has 1 aliphatic heterocycles. The Bertz CT molecular complexity index is 1070. The molecular weight excluding hydrogens is 448 g/mol. The van der Waals surface area contributed by atoms with Gasteiger partial charge in [0.25, 0.3) is 5.91 Å². The van der Waals surface area contributed by atoms with Crippen molar-refractivity contribution in [3.05, 3.63) is 45.9 Å². The van der Waals surface area contributed by atoms with Crippen LogP contribution in [0.15, 0.2) is 39.7 Å². The molecule has 0 saturated carbocycles. The highest BCUT2D eigenvalue weighted by atomic mass is 79.9. The Labute approximate surface area is 171 Å². The normalized spacial score (nSPS) is 13.3. The van der Waals surface area contributed by atoms with Gasteiger partial charge in [-0.15, -0.1) is 0 Å². The van der Waals surface area contributed by atoms with Gasteiger partial charge in [-0.25, -0.2) is 8.42 Å². The first-order valence-corrected chi connectivity index (χ1v) is 11.0. The number of fused-ring (bicyclic) bond motifs is 1. The van der Waals surface area contributed by atoms with E-state index in [4.69, 9.17) is 4.74 Å². The summed E-state index contributed by atoms with van der Waals surface area (Å²) in [4.78, 5) is 23.7. The van der Waals surface area contributed by atoms with Crippen LogP contribution in [0.3, 0.4) is 0 Å². The molecule has 0 unspecified atom stereocenters. The van der Waals surface area contributed by atoms with E-state index >= 15 is 0 Å². The molecule has 2 amide bonds. The standard InChI is InChI=1S/C19H19BrN2O5S/c1-11-7-13(3-4-14(11)20)21-18(23)5-6-28(25,26)17-9-16-15(8-12(17)2)22-19(24)10-27-16/h3-4,7-9H,5-6,10H2,1-2H3,(H,21,23)(H,22,24). The van der Waals surface area contributed by atoms with Gasteiger partial charge in [0.1, 0.15) is 5.75 Å². The molecule has 0 aliphatic carbocycles. The van der Waals surface area contributed by atoms with E-state index < -0.39 is 9.84 Å². The van der Waals surface area contributed by atoms with E-state index in [2.05, 4.69) is 26.6 Å². The van der Waals surface area contributed by atoms with E-state index in [1.54, 1.807) is 25.1 Å². The highest BCUT2D eigenvalue weighted by Gasteiger charge is 2.24. The molecule has 1 heterocycles. The number of carbonyl (C=O) groups excluding carboxylic acids is 2. The van der Waals surface area contributed by atoms with E-state index in [0.717, 1.165) is 10.0 Å². The van der Waals surface area contributed by atoms with Crippen molar-refractivity contribution in [2.45, 2.75) is 25.2 Å². The van der Waals surface area contributed by atoms with Gasteiger partial charge in [0.05, 0.1) is 16.3 Å². The number of sulfone groups is 1. The Morgan fingerprint density at radius 1 is 1.21 bits per heavy atom. The minimum Gasteiger partial charge on any atom is -0.482 e. The lowest BCUT2D eigenvalue weighted by atomic mass is 10.2. The predicted molar refractivity (Wildman–Crippen MR) is 109 cm³/mol. The van der Waals surface area contributed by atoms with Crippen LogP contribution in [-0.4, -0.2) is 32.6 Å². The summed E-state index contributed by atoms with van der Waals surface area (Å²) in [5.74, 6) is -0.703. The highest BCUT2D eigenvalue weighted by Crippen LogP contribution is 2.33. The first-order valence-electron chi connectivity index (χ1n) is 8.52. The average Bonchev–Trinajstić information content (AvgIpc) is 2.62. The van der Waals surface area contributed by atoms with Crippen molar-refractivity contribution in [3.63, 3.8) is 0 Å². The lowest BCUT2D eigenvalue weighted by Gasteiger charge is -2.20. The zero-order valence-electron chi connectivity index (χ0n) is 15.3. The van der Waals surface area contributed by atoms with Gasteiger partial charge >= 0.3 is 0 Å². The monoisotopic (exact) mass is 466 g/mol. The molecule has 3 rings (SSSR count). The predicted octanol–water partition coefficient (Wildman–Crippen LogP) is 3.20. The molecule has 2 N–H and O–H groups in total. The molecule has 2 aromatic rings. The largest absolute Gasteiger partial charge is 0.482 e. The average molecular weight is 467 g/mol. The maximum atomic E-state index is 12.7. The fourth-order valence-corrected chi connectivity index (χ4v) is 4.59. The SMILES string of the molecule is Cc1cc(NC(=O)CCS(=O)(=O)c2cc3c(cc2C)NC(=O)CO3)ccc1Br. The number of anilines is 2. The van der Waals surface area contributed by atoms with Crippen LogP contribution < -0.4 is 15.4 Å². The molecule has 0 radical (unpaired) electrons. The molecule has 0 aromatic heterocycles. The number of ether oxygens (including phenoxy) is 1. The summed E-state index contributed by atoms with van der Waals surface area (Å²) in [6, 6.07) is 8.31. The Morgan fingerprint density at radius 3 is 2.68 bits per heavy atom. The van der Waals surface area contributed by atoms with Crippen molar-refractivity contribution in [2.24, 2.45) is 0 Å². The van der Waals surface area contributed by atoms with Crippen molar-refractivity contribution in [1.82, 2.24) is 0 Å². The van der Waals surface area contributed by atoms with Gasteiger partial charge in [-0.3, -0.25) is 9.59 Å². The second-order valence-corrected chi connectivity index (χ2v) is 9.46. The molecule has 2 aromatic carbocycles. The van der Waals surface area contributed by atoms with Crippen molar-refractivity contribution in [1.29, 1.82) is 0 Å². The zero-order valence-corrected chi connectivity index (χ0v) is 17.7. The number of hydrogen-bond donors (Lipinski definition) is 2. The number of aryl methyl sites for hydroxylation is 2. The van der Waals surface area contributed by atoms with Gasteiger partial charge < -0.3 is 15.4 Å². The van der Waals surface area contributed by atoms with Crippen LogP contribution in [0.2, 0.25) is 0 Å². The van der Waals surface area contributed by atoms with Gasteiger partial charge in [0.15, 0.2) is 16.4 Å². The maximum Gasteiger partial charge on any atom is 0.262 e. The summed E-state index contributed by atoms with van der Waals surface area (Å²) in [6.45, 7) is 3.37. The van der Waals surface area contributed by atoms with Gasteiger partial charge in [-0.05, 0) is 49.2 Å². The van der Waals surface area contributed by atoms with E-state index in [0.29, 0.717) is 22.7 Å². The zero-order chi connectivity index (χ0) is 20.5. The maximum absolute atomic E-state index is 12.7. The fourth-order valence-electron chi connectivity index (χ4n) is 2.83. The molecule has 1 aliphatic rings. The quantitative estimate of drug-likeness (QED) is 0.704. The lowest BCUT2D eigenvalue weighted by molar-refractivity contribution is -0.118. The Kier molecular flexibility index (Phi) is 5.76. The van der Waals surface area contributed by atoms with Crippen LogP contribution in [0.25, 0.3) is 0 Å². The van der Waals surface area contributed by atoms with Crippen molar-refractivity contribution in [2.75, 3.05) is 23.0 Å². The van der Waals surface area contributed by atoms with Gasteiger partial charge in [-0.2, -0.15) is 0 Å². The first kappa shape index (κ1) is 20.3. The van der Waals surface area contributed by atoms with Crippen LogP contribution in [0.5, 0.6) is 5.75 Å². The summed E-state index contributed by atoms with van der Waals surface area (Å²) in [5.41, 5.74) is 2.49. The van der Waals surface area contributed by atoms with Crippen molar-refractivity contribution < 1.29 is 22.7 Å². The lowest BCUT2D eigenvalue weighted by Crippen LogP contribution is -2.26. The van der Waals surface area contributed by atoms with Crippen molar-refractivity contribution in [3.8, 4) is 5.75 Å². The molecule has 0 spiro atoms. The number of amides is 2. The van der Waals surface area contributed by atoms with Crippen LogP contribution >= 0.6 is 15.9 Å². The molecule has 9 heteroatoms. The summed E-state index contributed by atoms with van der Waals surface area (Å²) < 4.78 is 31.7. The minimum atomic E-state index is -3.70. The van der Waals surface area contributed by atoms with E-state index in [1.165, 1.54) is 6.07 Å². The van der Waals surface area contributed by atoms with Gasteiger partial charge in [0, 0.05) is 22.6 Å². The third-order valence-corrected chi connectivity index (χ3v) is 7.03. The molecule has 0 atom stereocenters. The van der Waals surface area contributed by atoms with Gasteiger partial charge in [0.2, 0.25) is 5.91 Å². The topological polar surface area (TPSA) is 102 Å². The van der Waals surface area contributed by atoms with Crippen LogP contribution in [0.4, 0.5) is 11.4 Å². The number of benzene rings is 2. The number of rotatable bonds is 5. The Hall–Kier alpha value is -2.39. The molecule has 28 heavy (non-hydrogen) atoms. The Balaban J connectivity index is 1.70. The molecule has 0 bridgehead atoms. The number of hydrogen-bond acceptors (Lipinski definition) is 5. The Morgan fingerprint density at radius 2 is 1.96 bits per heavy atom. The highest BCUT2D eigenvalue weighted by molar-refractivity contribution is 9.10. The first-order chi connectivity index (χ1) is 13.2. The molecular formula is C19H19BrN2O5S. The van der Waals surface area contributed by atoms with Crippen molar-refractivity contribution >= 4 is 49.0 Å². The van der Waals surface area contributed by atoms with Crippen LogP contribution in [0.1, 0.15) is 17.5 Å². The summed E-state index contributed by atoms with van der Waals surface area (Å²) >= 11 is 3.39. The van der Waals surface area contributed by atoms with E-state index in [-0.39, 0.29) is 35.5 Å². The number of halogens is 1. The van der Waals surface area contributed by atoms with E-state index in [9.17, 15) is 18.0 Å². The minimum absolute atomic E-state index is 0.0923. The second kappa shape index (κ2) is 7.92. The fraction of sp³-hybridized carbons (Fsp3) is 0.263. The molecule has 7 nitrogen and oxygen atoms in total. The third kappa shape index (κ3) is 4.53. The van der Waals surface area contributed by atoms with Gasteiger partial charge in [-0.1, -0.05) is 15.9 Å². The number of carbonyl (C=O) groups is 2. The summed E-state index contributed by atoms with van der Waals surface area (Å²) in [5, 5.41) is 5.35. The molecule has 0 saturated heterocycles. The molecule has 0 fully saturated rings. The van der Waals surface area contributed by atoms with E-state index in [1.807, 2.05) is 13.0 Å². The second-order valence-electron chi connectivity index (χ2n) is 6.53. The number of nitrogens with one attached hydrogen (secondary N) is 2. The summed E-state index contributed by atoms with van der Waals surface area (Å²) in [6.07, 6.45) is -0.175. The van der Waals surface area contributed by atoms with Crippen LogP contribution in [-0.2, 0) is 19.4 Å². The van der Waals surface area contributed by atoms with Crippen LogP contribution in [0, 0.1) is 13.8 Å². The smallest absolute Gasteiger partial charge is 0.262 e. The third-order valence-electron chi connectivity index (χ3n) is 4.28. The summed E-state index contributed by atoms with van der Waals surface area (Å²) in [7, 11) is -3.70. The molecule has 148 valence electrons.